The Balaban J connectivity index is 1.31. The molecule has 0 unspecified atom stereocenters. The molecule has 1 amide bonds. The highest BCUT2D eigenvalue weighted by atomic mass is 16.5. The van der Waals surface area contributed by atoms with Crippen LogP contribution >= 0.6 is 0 Å². The smallest absolute Gasteiger partial charge is 0.246 e. The number of carbonyl (C=O) groups is 1. The number of anilines is 1. The Bertz CT molecular complexity index is 959. The van der Waals surface area contributed by atoms with Gasteiger partial charge in [0.1, 0.15) is 12.1 Å². The Labute approximate surface area is 169 Å². The summed E-state index contributed by atoms with van der Waals surface area (Å²) in [6, 6.07) is 11.5. The third-order valence-electron chi connectivity index (χ3n) is 4.85. The molecular weight excluding hydrogens is 368 g/mol. The Kier molecular flexibility index (Phi) is 5.51. The molecule has 0 saturated carbocycles. The second-order valence-corrected chi connectivity index (χ2v) is 6.64. The Morgan fingerprint density at radius 2 is 1.72 bits per heavy atom. The van der Waals surface area contributed by atoms with E-state index in [-0.39, 0.29) is 5.91 Å². The molecule has 1 aliphatic rings. The molecule has 0 radical (unpaired) electrons. The highest BCUT2D eigenvalue weighted by molar-refractivity contribution is 5.92. The molecule has 0 aliphatic carbocycles. The number of methoxy groups -OCH3 is 1. The van der Waals surface area contributed by atoms with E-state index >= 15 is 0 Å². The van der Waals surface area contributed by atoms with E-state index in [1.165, 1.54) is 0 Å². The van der Waals surface area contributed by atoms with Gasteiger partial charge in [0.25, 0.3) is 0 Å². The van der Waals surface area contributed by atoms with Crippen LogP contribution in [0.2, 0.25) is 0 Å². The molecule has 0 spiro atoms. The van der Waals surface area contributed by atoms with Gasteiger partial charge in [-0.3, -0.25) is 9.36 Å². The molecule has 3 aromatic rings. The molecule has 148 valence electrons. The van der Waals surface area contributed by atoms with Gasteiger partial charge in [0, 0.05) is 44.6 Å². The first-order chi connectivity index (χ1) is 14.2. The maximum Gasteiger partial charge on any atom is 0.246 e. The van der Waals surface area contributed by atoms with Gasteiger partial charge in [0.2, 0.25) is 5.91 Å². The Morgan fingerprint density at radius 3 is 2.34 bits per heavy atom. The van der Waals surface area contributed by atoms with E-state index in [9.17, 15) is 4.79 Å². The molecule has 8 heteroatoms. The number of piperazine rings is 1. The lowest BCUT2D eigenvalue weighted by Crippen LogP contribution is -2.48. The first-order valence-electron chi connectivity index (χ1n) is 9.41. The van der Waals surface area contributed by atoms with Crippen LogP contribution in [0.25, 0.3) is 11.9 Å². The summed E-state index contributed by atoms with van der Waals surface area (Å²) in [5.41, 5.74) is 0.964. The predicted molar refractivity (Wildman–Crippen MR) is 110 cm³/mol. The number of rotatable bonds is 5. The number of hydrogen-bond donors (Lipinski definition) is 0. The van der Waals surface area contributed by atoms with Crippen LogP contribution in [-0.2, 0) is 4.79 Å². The standard InChI is InChI=1S/C21H22N6O2/c1-29-18-5-2-17(3-6-18)4-9-21(28)26-14-12-25(13-15-26)19-7-8-20(24-23-19)27-11-10-22-16-27/h2-11,16H,12-15H2,1H3. The van der Waals surface area contributed by atoms with Crippen molar-refractivity contribution in [3.8, 4) is 11.6 Å². The molecule has 1 aliphatic heterocycles. The minimum atomic E-state index is 0.0157. The second-order valence-electron chi connectivity index (χ2n) is 6.64. The summed E-state index contributed by atoms with van der Waals surface area (Å²) in [7, 11) is 1.63. The van der Waals surface area contributed by atoms with E-state index in [1.54, 1.807) is 25.7 Å². The van der Waals surface area contributed by atoms with Crippen molar-refractivity contribution in [2.24, 2.45) is 0 Å². The SMILES string of the molecule is COc1ccc(C=CC(=O)N2CCN(c3ccc(-n4ccnc4)nn3)CC2)cc1. The molecule has 2 aromatic heterocycles. The number of amides is 1. The van der Waals surface area contributed by atoms with E-state index in [2.05, 4.69) is 20.1 Å². The van der Waals surface area contributed by atoms with Crippen LogP contribution in [0.3, 0.4) is 0 Å². The summed E-state index contributed by atoms with van der Waals surface area (Å²) in [6.45, 7) is 2.75. The third-order valence-corrected chi connectivity index (χ3v) is 4.85. The lowest BCUT2D eigenvalue weighted by atomic mass is 10.2. The van der Waals surface area contributed by atoms with Gasteiger partial charge in [0.15, 0.2) is 11.6 Å². The Morgan fingerprint density at radius 1 is 1.00 bits per heavy atom. The van der Waals surface area contributed by atoms with Gasteiger partial charge in [-0.25, -0.2) is 4.98 Å². The monoisotopic (exact) mass is 390 g/mol. The quantitative estimate of drug-likeness (QED) is 0.621. The van der Waals surface area contributed by atoms with E-state index in [0.29, 0.717) is 13.1 Å². The molecule has 29 heavy (non-hydrogen) atoms. The average Bonchev–Trinajstić information content (AvgIpc) is 3.33. The lowest BCUT2D eigenvalue weighted by Gasteiger charge is -2.34. The fourth-order valence-electron chi connectivity index (χ4n) is 3.16. The van der Waals surface area contributed by atoms with Crippen LogP contribution in [0.1, 0.15) is 5.56 Å². The van der Waals surface area contributed by atoms with Gasteiger partial charge in [-0.05, 0) is 35.9 Å². The van der Waals surface area contributed by atoms with E-state index in [1.807, 2.05) is 58.1 Å². The van der Waals surface area contributed by atoms with Gasteiger partial charge >= 0.3 is 0 Å². The summed E-state index contributed by atoms with van der Waals surface area (Å²) in [5.74, 6) is 2.35. The van der Waals surface area contributed by atoms with Crippen molar-refractivity contribution in [1.82, 2.24) is 24.6 Å². The van der Waals surface area contributed by atoms with Gasteiger partial charge < -0.3 is 14.5 Å². The van der Waals surface area contributed by atoms with Crippen LogP contribution in [-0.4, -0.2) is 63.8 Å². The van der Waals surface area contributed by atoms with Crippen LogP contribution < -0.4 is 9.64 Å². The minimum absolute atomic E-state index is 0.0157. The third kappa shape index (κ3) is 4.43. The van der Waals surface area contributed by atoms with Crippen molar-refractivity contribution in [3.05, 3.63) is 66.8 Å². The zero-order valence-electron chi connectivity index (χ0n) is 16.2. The maximum atomic E-state index is 12.5. The minimum Gasteiger partial charge on any atom is -0.497 e. The molecule has 1 saturated heterocycles. The highest BCUT2D eigenvalue weighted by Crippen LogP contribution is 2.15. The average molecular weight is 390 g/mol. The van der Waals surface area contributed by atoms with Crippen LogP contribution in [0, 0.1) is 0 Å². The molecule has 4 rings (SSSR count). The van der Waals surface area contributed by atoms with Crippen molar-refractivity contribution in [2.45, 2.75) is 0 Å². The van der Waals surface area contributed by atoms with E-state index < -0.39 is 0 Å². The topological polar surface area (TPSA) is 76.4 Å². The number of imidazole rings is 1. The summed E-state index contributed by atoms with van der Waals surface area (Å²) >= 11 is 0. The molecule has 1 fully saturated rings. The number of benzene rings is 1. The fourth-order valence-corrected chi connectivity index (χ4v) is 3.16. The zero-order chi connectivity index (χ0) is 20.1. The number of carbonyl (C=O) groups excluding carboxylic acids is 1. The van der Waals surface area contributed by atoms with Gasteiger partial charge in [-0.2, -0.15) is 0 Å². The highest BCUT2D eigenvalue weighted by Gasteiger charge is 2.20. The van der Waals surface area contributed by atoms with E-state index in [0.717, 1.165) is 36.0 Å². The molecule has 3 heterocycles. The summed E-state index contributed by atoms with van der Waals surface area (Å²) in [6.07, 6.45) is 8.67. The van der Waals surface area contributed by atoms with Crippen LogP contribution in [0.4, 0.5) is 5.82 Å². The van der Waals surface area contributed by atoms with Gasteiger partial charge in [-0.1, -0.05) is 12.1 Å². The number of ether oxygens (including phenoxy) is 1. The van der Waals surface area contributed by atoms with Crippen molar-refractivity contribution in [3.63, 3.8) is 0 Å². The van der Waals surface area contributed by atoms with Crippen molar-refractivity contribution >= 4 is 17.8 Å². The first-order valence-corrected chi connectivity index (χ1v) is 9.41. The second kappa shape index (κ2) is 8.55. The summed E-state index contributed by atoms with van der Waals surface area (Å²) in [5, 5.41) is 8.57. The summed E-state index contributed by atoms with van der Waals surface area (Å²) in [4.78, 5) is 20.5. The molecule has 0 N–H and O–H groups in total. The van der Waals surface area contributed by atoms with Crippen LogP contribution in [0.5, 0.6) is 5.75 Å². The first kappa shape index (κ1) is 18.7. The van der Waals surface area contributed by atoms with Gasteiger partial charge in [0.05, 0.1) is 7.11 Å². The zero-order valence-corrected chi connectivity index (χ0v) is 16.2. The molecule has 8 nitrogen and oxygen atoms in total. The lowest BCUT2D eigenvalue weighted by molar-refractivity contribution is -0.126. The van der Waals surface area contributed by atoms with Crippen molar-refractivity contribution < 1.29 is 9.53 Å². The molecule has 1 aromatic carbocycles. The maximum absolute atomic E-state index is 12.5. The normalized spacial score (nSPS) is 14.4. The van der Waals surface area contributed by atoms with E-state index in [4.69, 9.17) is 4.74 Å². The fraction of sp³-hybridized carbons (Fsp3) is 0.238. The molecule has 0 bridgehead atoms. The van der Waals surface area contributed by atoms with Gasteiger partial charge in [-0.15, -0.1) is 10.2 Å². The predicted octanol–water partition coefficient (Wildman–Crippen LogP) is 2.03. The number of aromatic nitrogens is 4. The molecular formula is C21H22N6O2. The number of hydrogen-bond acceptors (Lipinski definition) is 6. The number of nitrogens with zero attached hydrogens (tertiary/aromatic N) is 6. The Hall–Kier alpha value is -3.68. The van der Waals surface area contributed by atoms with Crippen molar-refractivity contribution in [2.75, 3.05) is 38.2 Å². The largest absolute Gasteiger partial charge is 0.497 e. The summed E-state index contributed by atoms with van der Waals surface area (Å²) < 4.78 is 6.95. The van der Waals surface area contributed by atoms with Crippen molar-refractivity contribution in [1.29, 1.82) is 0 Å². The molecule has 0 atom stereocenters. The van der Waals surface area contributed by atoms with Crippen LogP contribution in [0.15, 0.2) is 61.2 Å².